The summed E-state index contributed by atoms with van der Waals surface area (Å²) in [5.74, 6) is 3.59. The Balaban J connectivity index is 1.58. The van der Waals surface area contributed by atoms with Gasteiger partial charge in [0.25, 0.3) is 0 Å². The number of rotatable bonds is 5. The SMILES string of the molecule is CC(=O)NC[C@H]1CN(c2cc(F)c(Nc3cc(C#Cc4ccccc4)cccc3=O)c(F)c2)C(=O)O1. The number of halogens is 2. The lowest BCUT2D eigenvalue weighted by Gasteiger charge is -2.16. The van der Waals surface area contributed by atoms with E-state index >= 15 is 0 Å². The number of hydrogen-bond donors (Lipinski definition) is 2. The highest BCUT2D eigenvalue weighted by Crippen LogP contribution is 2.30. The van der Waals surface area contributed by atoms with Gasteiger partial charge in [0.05, 0.1) is 24.5 Å². The first-order valence-corrected chi connectivity index (χ1v) is 11.0. The van der Waals surface area contributed by atoms with E-state index in [4.69, 9.17) is 4.74 Å². The predicted octanol–water partition coefficient (Wildman–Crippen LogP) is 3.93. The smallest absolute Gasteiger partial charge is 0.414 e. The van der Waals surface area contributed by atoms with Crippen LogP contribution in [-0.2, 0) is 9.53 Å². The van der Waals surface area contributed by atoms with Crippen molar-refractivity contribution >= 4 is 29.1 Å². The van der Waals surface area contributed by atoms with Gasteiger partial charge in [-0.1, -0.05) is 36.1 Å². The highest BCUT2D eigenvalue weighted by molar-refractivity contribution is 5.90. The van der Waals surface area contributed by atoms with Crippen LogP contribution in [0.15, 0.2) is 71.5 Å². The minimum atomic E-state index is -1.01. The van der Waals surface area contributed by atoms with Crippen LogP contribution in [0.1, 0.15) is 18.1 Å². The molecule has 1 aliphatic rings. The quantitative estimate of drug-likeness (QED) is 0.531. The van der Waals surface area contributed by atoms with Crippen LogP contribution in [0.25, 0.3) is 0 Å². The number of benzene rings is 2. The van der Waals surface area contributed by atoms with Gasteiger partial charge in [-0.15, -0.1) is 0 Å². The van der Waals surface area contributed by atoms with Crippen molar-refractivity contribution in [1.29, 1.82) is 0 Å². The number of amides is 2. The molecule has 182 valence electrons. The molecular formula is C27H21F2N3O4. The number of cyclic esters (lactones) is 1. The zero-order valence-electron chi connectivity index (χ0n) is 19.2. The third kappa shape index (κ3) is 5.85. The van der Waals surface area contributed by atoms with Gasteiger partial charge in [-0.05, 0) is 30.3 Å². The fourth-order valence-corrected chi connectivity index (χ4v) is 3.51. The van der Waals surface area contributed by atoms with Gasteiger partial charge in [0.2, 0.25) is 11.3 Å². The van der Waals surface area contributed by atoms with Crippen LogP contribution < -0.4 is 21.0 Å². The molecule has 2 amide bonds. The second-order valence-corrected chi connectivity index (χ2v) is 7.98. The van der Waals surface area contributed by atoms with Crippen LogP contribution in [0.4, 0.5) is 30.6 Å². The summed E-state index contributed by atoms with van der Waals surface area (Å²) in [6.45, 7) is 1.41. The van der Waals surface area contributed by atoms with E-state index in [1.807, 2.05) is 30.3 Å². The molecule has 2 N–H and O–H groups in total. The first-order valence-electron chi connectivity index (χ1n) is 11.0. The lowest BCUT2D eigenvalue weighted by Crippen LogP contribution is -2.33. The predicted molar refractivity (Wildman–Crippen MR) is 131 cm³/mol. The van der Waals surface area contributed by atoms with Gasteiger partial charge in [0, 0.05) is 30.2 Å². The molecule has 7 nitrogen and oxygen atoms in total. The van der Waals surface area contributed by atoms with Crippen LogP contribution in [0.3, 0.4) is 0 Å². The number of carbonyl (C=O) groups excluding carboxylic acids is 2. The van der Waals surface area contributed by atoms with Crippen LogP contribution in [0.5, 0.6) is 0 Å². The number of nitrogens with one attached hydrogen (secondary N) is 2. The largest absolute Gasteiger partial charge is 0.442 e. The Bertz CT molecular complexity index is 1410. The van der Waals surface area contributed by atoms with Crippen molar-refractivity contribution in [1.82, 2.24) is 5.32 Å². The van der Waals surface area contributed by atoms with Crippen LogP contribution >= 0.6 is 0 Å². The molecule has 0 saturated carbocycles. The van der Waals surface area contributed by atoms with Crippen molar-refractivity contribution in [2.24, 2.45) is 0 Å². The number of carbonyl (C=O) groups is 2. The molecule has 1 saturated heterocycles. The minimum absolute atomic E-state index is 0.00738. The maximum Gasteiger partial charge on any atom is 0.414 e. The molecule has 1 atom stereocenters. The van der Waals surface area contributed by atoms with E-state index in [0.717, 1.165) is 22.6 Å². The van der Waals surface area contributed by atoms with E-state index in [0.29, 0.717) is 5.56 Å². The molecular weight excluding hydrogens is 468 g/mol. The monoisotopic (exact) mass is 489 g/mol. The molecule has 4 rings (SSSR count). The number of ether oxygens (including phenoxy) is 1. The van der Waals surface area contributed by atoms with Gasteiger partial charge in [-0.3, -0.25) is 14.5 Å². The normalized spacial score (nSPS) is 14.5. The average Bonchev–Trinajstić information content (AvgIpc) is 3.13. The summed E-state index contributed by atoms with van der Waals surface area (Å²) in [5.41, 5.74) is 0.0697. The molecule has 0 unspecified atom stereocenters. The third-order valence-corrected chi connectivity index (χ3v) is 5.26. The van der Waals surface area contributed by atoms with Gasteiger partial charge in [-0.2, -0.15) is 0 Å². The fourth-order valence-electron chi connectivity index (χ4n) is 3.51. The molecule has 0 bridgehead atoms. The Labute approximate surface area is 205 Å². The van der Waals surface area contributed by atoms with Crippen molar-refractivity contribution in [3.8, 4) is 11.8 Å². The molecule has 1 aliphatic heterocycles. The highest BCUT2D eigenvalue weighted by atomic mass is 19.1. The Morgan fingerprint density at radius 3 is 2.36 bits per heavy atom. The summed E-state index contributed by atoms with van der Waals surface area (Å²) in [7, 11) is 0. The van der Waals surface area contributed by atoms with E-state index in [-0.39, 0.29) is 30.4 Å². The molecule has 0 radical (unpaired) electrons. The van der Waals surface area contributed by atoms with Gasteiger partial charge in [0.15, 0.2) is 11.6 Å². The number of anilines is 3. The molecule has 3 aromatic carbocycles. The summed E-state index contributed by atoms with van der Waals surface area (Å²) < 4.78 is 35.0. The molecule has 1 heterocycles. The van der Waals surface area contributed by atoms with Crippen molar-refractivity contribution < 1.29 is 23.1 Å². The summed E-state index contributed by atoms with van der Waals surface area (Å²) in [6.07, 6.45) is -1.45. The van der Waals surface area contributed by atoms with Gasteiger partial charge < -0.3 is 15.4 Å². The van der Waals surface area contributed by atoms with Crippen LogP contribution in [-0.4, -0.2) is 31.2 Å². The fraction of sp³-hybridized carbons (Fsp3) is 0.148. The van der Waals surface area contributed by atoms with Gasteiger partial charge in [-0.25, -0.2) is 13.6 Å². The second-order valence-electron chi connectivity index (χ2n) is 7.98. The molecule has 9 heteroatoms. The zero-order chi connectivity index (χ0) is 25.7. The van der Waals surface area contributed by atoms with Crippen molar-refractivity contribution in [2.45, 2.75) is 13.0 Å². The van der Waals surface area contributed by atoms with Crippen LogP contribution in [0, 0.1) is 23.5 Å². The number of hydrogen-bond acceptors (Lipinski definition) is 5. The summed E-state index contributed by atoms with van der Waals surface area (Å²) in [4.78, 5) is 36.8. The highest BCUT2D eigenvalue weighted by Gasteiger charge is 2.33. The van der Waals surface area contributed by atoms with Gasteiger partial charge in [0.1, 0.15) is 11.8 Å². The van der Waals surface area contributed by atoms with Crippen LogP contribution in [0.2, 0.25) is 0 Å². The van der Waals surface area contributed by atoms with E-state index in [9.17, 15) is 23.2 Å². The lowest BCUT2D eigenvalue weighted by atomic mass is 10.2. The summed E-state index contributed by atoms with van der Waals surface area (Å²) in [6, 6.07) is 17.0. The molecule has 3 aromatic rings. The minimum Gasteiger partial charge on any atom is -0.442 e. The number of nitrogens with zero attached hydrogens (tertiary/aromatic N) is 1. The van der Waals surface area contributed by atoms with Gasteiger partial charge >= 0.3 is 6.09 Å². The zero-order valence-corrected chi connectivity index (χ0v) is 19.2. The molecule has 1 fully saturated rings. The van der Waals surface area contributed by atoms with Crippen molar-refractivity contribution in [3.05, 3.63) is 99.7 Å². The molecule has 0 aliphatic carbocycles. The first-order chi connectivity index (χ1) is 17.3. The first kappa shape index (κ1) is 24.4. The van der Waals surface area contributed by atoms with E-state index in [1.165, 1.54) is 25.1 Å². The Morgan fingerprint density at radius 1 is 1.00 bits per heavy atom. The third-order valence-electron chi connectivity index (χ3n) is 5.26. The Hall–Kier alpha value is -4.71. The maximum atomic E-state index is 15.0. The van der Waals surface area contributed by atoms with Crippen molar-refractivity contribution in [3.63, 3.8) is 0 Å². The average molecular weight is 489 g/mol. The standard InChI is InChI=1S/C27H21F2N3O4/c1-17(33)30-15-21-16-32(27(35)36-21)20-13-22(28)26(23(29)14-20)31-24-12-19(8-5-9-25(24)34)11-10-18-6-3-2-4-7-18/h2-9,12-14,21H,15-16H2,1H3,(H,30,33)(H,31,34)/t21-/m0/s1. The molecule has 0 aromatic heterocycles. The maximum absolute atomic E-state index is 15.0. The molecule has 0 spiro atoms. The summed E-state index contributed by atoms with van der Waals surface area (Å²) in [5, 5.41) is 5.06. The Morgan fingerprint density at radius 2 is 1.67 bits per heavy atom. The summed E-state index contributed by atoms with van der Waals surface area (Å²) >= 11 is 0. The Kier molecular flexibility index (Phi) is 7.25. The topological polar surface area (TPSA) is 87.7 Å². The van der Waals surface area contributed by atoms with E-state index in [1.54, 1.807) is 6.07 Å². The van der Waals surface area contributed by atoms with E-state index in [2.05, 4.69) is 22.5 Å². The molecule has 36 heavy (non-hydrogen) atoms. The lowest BCUT2D eigenvalue weighted by molar-refractivity contribution is -0.119. The second kappa shape index (κ2) is 10.7. The van der Waals surface area contributed by atoms with Crippen molar-refractivity contribution in [2.75, 3.05) is 23.3 Å². The van der Waals surface area contributed by atoms with E-state index < -0.39 is 34.9 Å².